The molecule has 0 aliphatic rings. The van der Waals surface area contributed by atoms with Gasteiger partial charge in [0.1, 0.15) is 11.3 Å². The highest BCUT2D eigenvalue weighted by Gasteiger charge is 2.20. The first-order valence-corrected chi connectivity index (χ1v) is 9.20. The van der Waals surface area contributed by atoms with Gasteiger partial charge in [0.05, 0.1) is 4.70 Å². The number of halogens is 2. The topological polar surface area (TPSA) is 36.4 Å². The minimum Gasteiger partial charge on any atom is -0.308 e. The monoisotopic (exact) mass is 387 g/mol. The van der Waals surface area contributed by atoms with Gasteiger partial charge in [0.2, 0.25) is 0 Å². The van der Waals surface area contributed by atoms with Crippen LogP contribution in [0, 0.1) is 11.6 Å². The molecule has 0 spiro atoms. The average molecular weight is 387 g/mol. The standard InChI is InChI=1S/C20H19F2N3OS/c1-24(2)10-11-25(18(26)9-8-14-6-4-3-5-7-14)20-23-19-16(22)12-15(21)13-17(19)27-20/h3-9,12-13H,10-11H2,1-2H3/b9-8+. The summed E-state index contributed by atoms with van der Waals surface area (Å²) in [5, 5.41) is 0.346. The Bertz CT molecular complexity index is 970. The molecule has 4 nitrogen and oxygen atoms in total. The van der Waals surface area contributed by atoms with E-state index in [4.69, 9.17) is 0 Å². The van der Waals surface area contributed by atoms with Gasteiger partial charge in [-0.25, -0.2) is 13.8 Å². The van der Waals surface area contributed by atoms with Gasteiger partial charge >= 0.3 is 0 Å². The number of amides is 1. The Hall–Kier alpha value is -2.64. The molecular weight excluding hydrogens is 368 g/mol. The highest BCUT2D eigenvalue weighted by molar-refractivity contribution is 7.22. The summed E-state index contributed by atoms with van der Waals surface area (Å²) < 4.78 is 27.8. The lowest BCUT2D eigenvalue weighted by molar-refractivity contribution is -0.114. The summed E-state index contributed by atoms with van der Waals surface area (Å²) in [7, 11) is 3.80. The van der Waals surface area contributed by atoms with Crippen molar-refractivity contribution < 1.29 is 13.6 Å². The lowest BCUT2D eigenvalue weighted by Crippen LogP contribution is -2.35. The summed E-state index contributed by atoms with van der Waals surface area (Å²) in [4.78, 5) is 20.4. The van der Waals surface area contributed by atoms with E-state index in [0.717, 1.165) is 23.0 Å². The third-order valence-electron chi connectivity index (χ3n) is 3.89. The molecule has 7 heteroatoms. The van der Waals surface area contributed by atoms with Crippen LogP contribution in [0.5, 0.6) is 0 Å². The zero-order chi connectivity index (χ0) is 19.4. The number of rotatable bonds is 6. The molecule has 0 atom stereocenters. The van der Waals surface area contributed by atoms with Crippen LogP contribution in [-0.2, 0) is 4.79 Å². The van der Waals surface area contributed by atoms with Crippen molar-refractivity contribution >= 4 is 38.7 Å². The second-order valence-corrected chi connectivity index (χ2v) is 7.28. The van der Waals surface area contributed by atoms with Crippen LogP contribution in [0.1, 0.15) is 5.56 Å². The van der Waals surface area contributed by atoms with E-state index in [2.05, 4.69) is 4.98 Å². The lowest BCUT2D eigenvalue weighted by Gasteiger charge is -2.20. The Morgan fingerprint density at radius 1 is 1.15 bits per heavy atom. The van der Waals surface area contributed by atoms with E-state index in [1.165, 1.54) is 17.0 Å². The predicted molar refractivity (Wildman–Crippen MR) is 106 cm³/mol. The number of benzene rings is 2. The molecule has 0 radical (unpaired) electrons. The van der Waals surface area contributed by atoms with Gasteiger partial charge in [0.15, 0.2) is 10.9 Å². The smallest absolute Gasteiger partial charge is 0.252 e. The van der Waals surface area contributed by atoms with Gasteiger partial charge in [-0.15, -0.1) is 0 Å². The summed E-state index contributed by atoms with van der Waals surface area (Å²) >= 11 is 1.10. The van der Waals surface area contributed by atoms with E-state index < -0.39 is 11.6 Å². The van der Waals surface area contributed by atoms with Crippen LogP contribution in [0.25, 0.3) is 16.3 Å². The van der Waals surface area contributed by atoms with Gasteiger partial charge in [0.25, 0.3) is 5.91 Å². The maximum atomic E-state index is 14.0. The fourth-order valence-electron chi connectivity index (χ4n) is 2.48. The van der Waals surface area contributed by atoms with Gasteiger partial charge in [-0.1, -0.05) is 41.7 Å². The molecule has 1 aromatic heterocycles. The molecule has 0 aliphatic carbocycles. The second kappa shape index (κ2) is 8.37. The minimum atomic E-state index is -0.729. The number of nitrogens with zero attached hydrogens (tertiary/aromatic N) is 3. The zero-order valence-electron chi connectivity index (χ0n) is 15.0. The maximum Gasteiger partial charge on any atom is 0.252 e. The summed E-state index contributed by atoms with van der Waals surface area (Å²) in [5.74, 6) is -1.65. The number of anilines is 1. The van der Waals surface area contributed by atoms with E-state index in [0.29, 0.717) is 22.9 Å². The largest absolute Gasteiger partial charge is 0.308 e. The molecule has 3 rings (SSSR count). The van der Waals surface area contributed by atoms with Crippen LogP contribution >= 0.6 is 11.3 Å². The van der Waals surface area contributed by atoms with E-state index in [9.17, 15) is 13.6 Å². The van der Waals surface area contributed by atoms with E-state index in [1.807, 2.05) is 49.3 Å². The number of hydrogen-bond acceptors (Lipinski definition) is 4. The maximum absolute atomic E-state index is 14.0. The number of hydrogen-bond donors (Lipinski definition) is 0. The van der Waals surface area contributed by atoms with Crippen molar-refractivity contribution in [1.82, 2.24) is 9.88 Å². The highest BCUT2D eigenvalue weighted by Crippen LogP contribution is 2.31. The van der Waals surface area contributed by atoms with Crippen molar-refractivity contribution in [2.75, 3.05) is 32.1 Å². The minimum absolute atomic E-state index is 0.0751. The zero-order valence-corrected chi connectivity index (χ0v) is 15.8. The Morgan fingerprint density at radius 2 is 1.89 bits per heavy atom. The molecular formula is C20H19F2N3OS. The fraction of sp³-hybridized carbons (Fsp3) is 0.200. The molecule has 3 aromatic rings. The van der Waals surface area contributed by atoms with Crippen LogP contribution in [0.4, 0.5) is 13.9 Å². The molecule has 2 aromatic carbocycles. The van der Waals surface area contributed by atoms with Gasteiger partial charge in [-0.05, 0) is 31.8 Å². The molecule has 0 aliphatic heterocycles. The molecule has 140 valence electrons. The van der Waals surface area contributed by atoms with Crippen LogP contribution in [0.2, 0.25) is 0 Å². The molecule has 27 heavy (non-hydrogen) atoms. The van der Waals surface area contributed by atoms with Crippen LogP contribution in [0.15, 0.2) is 48.5 Å². The molecule has 0 saturated carbocycles. The van der Waals surface area contributed by atoms with E-state index in [1.54, 1.807) is 6.08 Å². The Labute approximate surface area is 160 Å². The molecule has 0 fully saturated rings. The fourth-order valence-corrected chi connectivity index (χ4v) is 3.52. The van der Waals surface area contributed by atoms with Crippen molar-refractivity contribution in [2.24, 2.45) is 0 Å². The quantitative estimate of drug-likeness (QED) is 0.596. The second-order valence-electron chi connectivity index (χ2n) is 6.27. The number of carbonyl (C=O) groups excluding carboxylic acids is 1. The van der Waals surface area contributed by atoms with Crippen LogP contribution in [-0.4, -0.2) is 43.0 Å². The van der Waals surface area contributed by atoms with Gasteiger partial charge < -0.3 is 4.90 Å². The number of fused-ring (bicyclic) bond motifs is 1. The summed E-state index contributed by atoms with van der Waals surface area (Å²) in [5.41, 5.74) is 0.974. The first kappa shape index (κ1) is 19.1. The molecule has 0 saturated heterocycles. The number of likely N-dealkylation sites (N-methyl/N-ethyl adjacent to an activating group) is 1. The predicted octanol–water partition coefficient (Wildman–Crippen LogP) is 4.18. The van der Waals surface area contributed by atoms with E-state index in [-0.39, 0.29) is 11.4 Å². The highest BCUT2D eigenvalue weighted by atomic mass is 32.1. The molecule has 0 N–H and O–H groups in total. The van der Waals surface area contributed by atoms with Gasteiger partial charge in [-0.3, -0.25) is 9.69 Å². The van der Waals surface area contributed by atoms with E-state index >= 15 is 0 Å². The normalized spacial score (nSPS) is 11.6. The average Bonchev–Trinajstić information content (AvgIpc) is 3.04. The first-order valence-electron chi connectivity index (χ1n) is 8.39. The van der Waals surface area contributed by atoms with Gasteiger partial charge in [0, 0.05) is 25.2 Å². The van der Waals surface area contributed by atoms with Crippen LogP contribution in [0.3, 0.4) is 0 Å². The van der Waals surface area contributed by atoms with Crippen molar-refractivity contribution in [1.29, 1.82) is 0 Å². The molecule has 0 bridgehead atoms. The molecule has 1 amide bonds. The Balaban J connectivity index is 1.92. The van der Waals surface area contributed by atoms with Crippen molar-refractivity contribution in [3.63, 3.8) is 0 Å². The summed E-state index contributed by atoms with van der Waals surface area (Å²) in [6, 6.07) is 11.5. The lowest BCUT2D eigenvalue weighted by atomic mass is 10.2. The third kappa shape index (κ3) is 4.75. The number of carbonyl (C=O) groups is 1. The first-order chi connectivity index (χ1) is 12.9. The Kier molecular flexibility index (Phi) is 5.93. The number of aromatic nitrogens is 1. The van der Waals surface area contributed by atoms with Crippen LogP contribution < -0.4 is 4.90 Å². The number of thiazole rings is 1. The van der Waals surface area contributed by atoms with Crippen molar-refractivity contribution in [3.8, 4) is 0 Å². The SMILES string of the molecule is CN(C)CCN(C(=O)/C=C/c1ccccc1)c1nc2c(F)cc(F)cc2s1. The third-order valence-corrected chi connectivity index (χ3v) is 4.91. The molecule has 0 unspecified atom stereocenters. The van der Waals surface area contributed by atoms with Gasteiger partial charge in [-0.2, -0.15) is 0 Å². The van der Waals surface area contributed by atoms with Crippen molar-refractivity contribution in [2.45, 2.75) is 0 Å². The van der Waals surface area contributed by atoms with Crippen molar-refractivity contribution in [3.05, 3.63) is 65.7 Å². The molecule has 1 heterocycles. The summed E-state index contributed by atoms with van der Waals surface area (Å²) in [6.45, 7) is 0.993. The summed E-state index contributed by atoms with van der Waals surface area (Å²) in [6.07, 6.45) is 3.19. The Morgan fingerprint density at radius 3 is 2.59 bits per heavy atom.